The molecule has 0 aromatic carbocycles. The molecule has 0 atom stereocenters. The van der Waals surface area contributed by atoms with Crippen LogP contribution in [0.3, 0.4) is 0 Å². The Morgan fingerprint density at radius 1 is 1.53 bits per heavy atom. The Bertz CT molecular complexity index is 542. The van der Waals surface area contributed by atoms with E-state index >= 15 is 0 Å². The second-order valence-corrected chi connectivity index (χ2v) is 9.25. The predicted octanol–water partition coefficient (Wildman–Crippen LogP) is 2.08. The Hall–Kier alpha value is -0.0800. The van der Waals surface area contributed by atoms with Crippen LogP contribution in [0.2, 0.25) is 0 Å². The van der Waals surface area contributed by atoms with E-state index in [1.165, 1.54) is 17.8 Å². The van der Waals surface area contributed by atoms with Gasteiger partial charge in [-0.25, -0.2) is 13.1 Å². The Morgan fingerprint density at radius 3 is 2.63 bits per heavy atom. The van der Waals surface area contributed by atoms with Gasteiger partial charge in [-0.1, -0.05) is 6.42 Å². The van der Waals surface area contributed by atoms with Crippen LogP contribution in [0.5, 0.6) is 0 Å². The minimum atomic E-state index is -3.41. The average molecular weight is 321 g/mol. The molecule has 7 heteroatoms. The van der Waals surface area contributed by atoms with Gasteiger partial charge < -0.3 is 5.73 Å². The van der Waals surface area contributed by atoms with E-state index in [-0.39, 0.29) is 4.75 Å². The normalized spacial score (nSPS) is 18.3. The number of nitrogens with one attached hydrogen (secondary N) is 1. The largest absolute Gasteiger partial charge is 0.326 e. The van der Waals surface area contributed by atoms with Gasteiger partial charge in [0.15, 0.2) is 0 Å². The summed E-state index contributed by atoms with van der Waals surface area (Å²) < 4.78 is 27.5. The summed E-state index contributed by atoms with van der Waals surface area (Å²) in [6, 6.07) is 1.69. The van der Waals surface area contributed by atoms with Gasteiger partial charge in [0.25, 0.3) is 0 Å². The summed E-state index contributed by atoms with van der Waals surface area (Å²) in [5.41, 5.74) is 5.56. The summed E-state index contributed by atoms with van der Waals surface area (Å²) in [4.78, 5) is 2.09. The van der Waals surface area contributed by atoms with Gasteiger partial charge in [-0.2, -0.15) is 11.8 Å². The van der Waals surface area contributed by atoms with Crippen LogP contribution in [0.15, 0.2) is 11.0 Å². The van der Waals surface area contributed by atoms with Gasteiger partial charge in [-0.15, -0.1) is 11.3 Å². The molecule has 1 aliphatic rings. The maximum atomic E-state index is 12.3. The SMILES string of the molecule is CSC1(CNS(=O)(=O)c2cc(CN)sc2C)CCC1. The molecule has 0 aliphatic heterocycles. The van der Waals surface area contributed by atoms with Crippen molar-refractivity contribution in [1.29, 1.82) is 0 Å². The van der Waals surface area contributed by atoms with Crippen molar-refractivity contribution in [1.82, 2.24) is 4.72 Å². The number of aryl methyl sites for hydroxylation is 1. The molecule has 19 heavy (non-hydrogen) atoms. The van der Waals surface area contributed by atoms with Crippen molar-refractivity contribution in [2.75, 3.05) is 12.8 Å². The van der Waals surface area contributed by atoms with E-state index in [1.807, 2.05) is 6.92 Å². The van der Waals surface area contributed by atoms with Crippen LogP contribution >= 0.6 is 23.1 Å². The van der Waals surface area contributed by atoms with Gasteiger partial charge in [-0.05, 0) is 32.1 Å². The highest BCUT2D eigenvalue weighted by Gasteiger charge is 2.37. The van der Waals surface area contributed by atoms with E-state index < -0.39 is 10.0 Å². The lowest BCUT2D eigenvalue weighted by Gasteiger charge is -2.40. The zero-order valence-electron chi connectivity index (χ0n) is 11.2. The highest BCUT2D eigenvalue weighted by Crippen LogP contribution is 2.42. The van der Waals surface area contributed by atoms with E-state index in [0.717, 1.165) is 22.6 Å². The molecule has 1 heterocycles. The summed E-state index contributed by atoms with van der Waals surface area (Å²) in [6.45, 7) is 2.73. The lowest BCUT2D eigenvalue weighted by atomic mass is 9.84. The first-order chi connectivity index (χ1) is 8.92. The zero-order chi connectivity index (χ0) is 14.1. The molecule has 0 radical (unpaired) electrons. The van der Waals surface area contributed by atoms with Gasteiger partial charge in [0.05, 0.1) is 4.90 Å². The number of hydrogen-bond donors (Lipinski definition) is 2. The van der Waals surface area contributed by atoms with E-state index in [4.69, 9.17) is 5.73 Å². The van der Waals surface area contributed by atoms with E-state index in [0.29, 0.717) is 18.0 Å². The van der Waals surface area contributed by atoms with Crippen LogP contribution in [0.4, 0.5) is 0 Å². The number of thioether (sulfide) groups is 1. The van der Waals surface area contributed by atoms with Crippen LogP contribution in [0.25, 0.3) is 0 Å². The molecule has 0 spiro atoms. The van der Waals surface area contributed by atoms with Crippen LogP contribution < -0.4 is 10.5 Å². The first kappa shape index (κ1) is 15.3. The van der Waals surface area contributed by atoms with Gasteiger partial charge in [0.2, 0.25) is 10.0 Å². The smallest absolute Gasteiger partial charge is 0.241 e. The van der Waals surface area contributed by atoms with Crippen molar-refractivity contribution in [2.24, 2.45) is 5.73 Å². The third-order valence-electron chi connectivity index (χ3n) is 3.70. The number of rotatable bonds is 6. The van der Waals surface area contributed by atoms with Crippen molar-refractivity contribution >= 4 is 33.1 Å². The standard InChI is InChI=1S/C12H20N2O2S3/c1-9-11(6-10(7-13)18-9)19(15,16)14-8-12(17-2)4-3-5-12/h6,14H,3-5,7-8,13H2,1-2H3. The minimum Gasteiger partial charge on any atom is -0.326 e. The Kier molecular flexibility index (Phi) is 4.62. The summed E-state index contributed by atoms with van der Waals surface area (Å²) >= 11 is 3.22. The van der Waals surface area contributed by atoms with Gasteiger partial charge in [-0.3, -0.25) is 0 Å². The van der Waals surface area contributed by atoms with Gasteiger partial charge >= 0.3 is 0 Å². The molecule has 1 saturated carbocycles. The first-order valence-corrected chi connectivity index (χ1v) is 9.79. The Labute approximate surface area is 123 Å². The maximum absolute atomic E-state index is 12.3. The fourth-order valence-corrected chi connectivity index (χ4v) is 5.86. The highest BCUT2D eigenvalue weighted by atomic mass is 32.2. The predicted molar refractivity (Wildman–Crippen MR) is 82.2 cm³/mol. The second-order valence-electron chi connectivity index (χ2n) is 4.90. The van der Waals surface area contributed by atoms with Crippen molar-refractivity contribution in [2.45, 2.75) is 42.4 Å². The van der Waals surface area contributed by atoms with E-state index in [2.05, 4.69) is 11.0 Å². The van der Waals surface area contributed by atoms with Crippen LogP contribution in [-0.2, 0) is 16.6 Å². The number of nitrogens with two attached hydrogens (primary N) is 1. The molecule has 1 aliphatic carbocycles. The highest BCUT2D eigenvalue weighted by molar-refractivity contribution is 8.00. The lowest BCUT2D eigenvalue weighted by Crippen LogP contribution is -2.45. The van der Waals surface area contributed by atoms with Crippen LogP contribution in [0.1, 0.15) is 29.0 Å². The Morgan fingerprint density at radius 2 is 2.21 bits per heavy atom. The third-order valence-corrected chi connectivity index (χ3v) is 7.84. The van der Waals surface area contributed by atoms with Crippen molar-refractivity contribution < 1.29 is 8.42 Å². The van der Waals surface area contributed by atoms with Gasteiger partial charge in [0.1, 0.15) is 0 Å². The third kappa shape index (κ3) is 3.16. The van der Waals surface area contributed by atoms with E-state index in [9.17, 15) is 8.42 Å². The number of hydrogen-bond acceptors (Lipinski definition) is 5. The monoisotopic (exact) mass is 320 g/mol. The van der Waals surface area contributed by atoms with Crippen molar-refractivity contribution in [3.63, 3.8) is 0 Å². The molecule has 1 aromatic rings. The zero-order valence-corrected chi connectivity index (χ0v) is 13.7. The summed E-state index contributed by atoms with van der Waals surface area (Å²) in [5, 5.41) is 0. The molecule has 108 valence electrons. The molecule has 1 aromatic heterocycles. The summed E-state index contributed by atoms with van der Waals surface area (Å²) in [5.74, 6) is 0. The maximum Gasteiger partial charge on any atom is 0.241 e. The molecular weight excluding hydrogens is 300 g/mol. The molecule has 0 bridgehead atoms. The molecule has 0 amide bonds. The topological polar surface area (TPSA) is 72.2 Å². The molecule has 4 nitrogen and oxygen atoms in total. The molecule has 0 unspecified atom stereocenters. The summed E-state index contributed by atoms with van der Waals surface area (Å²) in [6.07, 6.45) is 5.42. The van der Waals surface area contributed by atoms with Crippen molar-refractivity contribution in [3.05, 3.63) is 15.8 Å². The molecule has 1 fully saturated rings. The fourth-order valence-electron chi connectivity index (χ4n) is 2.22. The second kappa shape index (κ2) is 5.73. The van der Waals surface area contributed by atoms with Gasteiger partial charge in [0, 0.05) is 27.6 Å². The van der Waals surface area contributed by atoms with E-state index in [1.54, 1.807) is 17.8 Å². The fraction of sp³-hybridized carbons (Fsp3) is 0.667. The molecule has 2 rings (SSSR count). The first-order valence-electron chi connectivity index (χ1n) is 6.27. The van der Waals surface area contributed by atoms with Crippen LogP contribution in [0, 0.1) is 6.92 Å². The number of thiophene rings is 1. The molecule has 3 N–H and O–H groups in total. The van der Waals surface area contributed by atoms with Crippen molar-refractivity contribution in [3.8, 4) is 0 Å². The minimum absolute atomic E-state index is 0.105. The van der Waals surface area contributed by atoms with Crippen LogP contribution in [-0.4, -0.2) is 26.0 Å². The Balaban J connectivity index is 2.11. The quantitative estimate of drug-likeness (QED) is 0.842. The average Bonchev–Trinajstić information content (AvgIpc) is 2.70. The lowest BCUT2D eigenvalue weighted by molar-refractivity contribution is 0.362. The molecular formula is C12H20N2O2S3. The number of sulfonamides is 1. The summed E-state index contributed by atoms with van der Waals surface area (Å²) in [7, 11) is -3.41. The molecule has 0 saturated heterocycles.